The minimum Gasteiger partial charge on any atom is -0.298 e. The normalized spacial score (nSPS) is 27.1. The molecule has 0 aromatic rings. The first-order valence-electron chi connectivity index (χ1n) is 4.59. The SMILES string of the molecule is CCS(=O)(=O)C1CN(C2CC2)C1. The van der Waals surface area contributed by atoms with Gasteiger partial charge in [-0.25, -0.2) is 8.42 Å². The van der Waals surface area contributed by atoms with Crippen molar-refractivity contribution in [3.8, 4) is 0 Å². The highest BCUT2D eigenvalue weighted by Crippen LogP contribution is 2.32. The Balaban J connectivity index is 1.87. The molecule has 0 aromatic carbocycles. The second-order valence-electron chi connectivity index (χ2n) is 3.76. The molecule has 1 saturated heterocycles. The summed E-state index contributed by atoms with van der Waals surface area (Å²) in [6.07, 6.45) is 2.55. The van der Waals surface area contributed by atoms with Gasteiger partial charge in [0.15, 0.2) is 9.84 Å². The second-order valence-corrected chi connectivity index (χ2v) is 6.33. The fourth-order valence-electron chi connectivity index (χ4n) is 1.67. The van der Waals surface area contributed by atoms with E-state index >= 15 is 0 Å². The predicted molar refractivity (Wildman–Crippen MR) is 47.8 cm³/mol. The van der Waals surface area contributed by atoms with Gasteiger partial charge < -0.3 is 0 Å². The molecule has 0 spiro atoms. The van der Waals surface area contributed by atoms with E-state index in [0.29, 0.717) is 5.75 Å². The molecule has 2 rings (SSSR count). The topological polar surface area (TPSA) is 37.4 Å². The average Bonchev–Trinajstić information content (AvgIpc) is 2.67. The highest BCUT2D eigenvalue weighted by molar-refractivity contribution is 7.92. The number of rotatable bonds is 3. The van der Waals surface area contributed by atoms with E-state index in [1.807, 2.05) is 0 Å². The maximum atomic E-state index is 11.3. The highest BCUT2D eigenvalue weighted by atomic mass is 32.2. The molecule has 3 nitrogen and oxygen atoms in total. The Morgan fingerprint density at radius 2 is 1.92 bits per heavy atom. The number of nitrogens with zero attached hydrogens (tertiary/aromatic N) is 1. The van der Waals surface area contributed by atoms with Crippen molar-refractivity contribution in [1.82, 2.24) is 4.90 Å². The van der Waals surface area contributed by atoms with Gasteiger partial charge in [-0.1, -0.05) is 6.92 Å². The van der Waals surface area contributed by atoms with Gasteiger partial charge in [0, 0.05) is 24.9 Å². The predicted octanol–water partition coefficient (Wildman–Crippen LogP) is 0.268. The van der Waals surface area contributed by atoms with E-state index in [1.54, 1.807) is 6.92 Å². The van der Waals surface area contributed by atoms with Crippen molar-refractivity contribution in [2.75, 3.05) is 18.8 Å². The zero-order chi connectivity index (χ0) is 8.77. The van der Waals surface area contributed by atoms with Gasteiger partial charge in [-0.15, -0.1) is 0 Å². The van der Waals surface area contributed by atoms with Crippen LogP contribution in [-0.4, -0.2) is 43.5 Å². The summed E-state index contributed by atoms with van der Waals surface area (Å²) in [7, 11) is -2.74. The maximum Gasteiger partial charge on any atom is 0.155 e. The van der Waals surface area contributed by atoms with Crippen molar-refractivity contribution in [1.29, 1.82) is 0 Å². The van der Waals surface area contributed by atoms with Crippen LogP contribution in [0.15, 0.2) is 0 Å². The number of sulfone groups is 1. The van der Waals surface area contributed by atoms with Gasteiger partial charge in [-0.3, -0.25) is 4.90 Å². The summed E-state index contributed by atoms with van der Waals surface area (Å²) in [5, 5.41) is -0.0527. The molecule has 70 valence electrons. The summed E-state index contributed by atoms with van der Waals surface area (Å²) >= 11 is 0. The molecule has 2 aliphatic rings. The minimum absolute atomic E-state index is 0.0527. The number of hydrogen-bond acceptors (Lipinski definition) is 3. The lowest BCUT2D eigenvalue weighted by Crippen LogP contribution is -2.55. The smallest absolute Gasteiger partial charge is 0.155 e. The minimum atomic E-state index is -2.74. The van der Waals surface area contributed by atoms with Crippen LogP contribution in [0.2, 0.25) is 0 Å². The molecule has 2 fully saturated rings. The van der Waals surface area contributed by atoms with E-state index in [0.717, 1.165) is 19.1 Å². The first-order valence-corrected chi connectivity index (χ1v) is 6.30. The molecule has 1 aliphatic carbocycles. The van der Waals surface area contributed by atoms with Crippen LogP contribution in [0.25, 0.3) is 0 Å². The molecule has 0 bridgehead atoms. The van der Waals surface area contributed by atoms with Gasteiger partial charge in [0.25, 0.3) is 0 Å². The molecule has 0 amide bonds. The van der Waals surface area contributed by atoms with Crippen LogP contribution in [0.5, 0.6) is 0 Å². The Morgan fingerprint density at radius 1 is 1.33 bits per heavy atom. The largest absolute Gasteiger partial charge is 0.298 e. The summed E-state index contributed by atoms with van der Waals surface area (Å²) in [4.78, 5) is 2.29. The molecule has 12 heavy (non-hydrogen) atoms. The van der Waals surface area contributed by atoms with Crippen LogP contribution in [0.4, 0.5) is 0 Å². The molecule has 0 aromatic heterocycles. The average molecular weight is 189 g/mol. The van der Waals surface area contributed by atoms with E-state index in [9.17, 15) is 8.42 Å². The Hall–Kier alpha value is -0.0900. The van der Waals surface area contributed by atoms with Crippen molar-refractivity contribution < 1.29 is 8.42 Å². The third kappa shape index (κ3) is 1.38. The van der Waals surface area contributed by atoms with Crippen LogP contribution >= 0.6 is 0 Å². The van der Waals surface area contributed by atoms with Crippen molar-refractivity contribution in [2.45, 2.75) is 31.1 Å². The second kappa shape index (κ2) is 2.70. The van der Waals surface area contributed by atoms with E-state index < -0.39 is 9.84 Å². The Labute approximate surface area is 73.7 Å². The zero-order valence-corrected chi connectivity index (χ0v) is 8.18. The van der Waals surface area contributed by atoms with Crippen LogP contribution < -0.4 is 0 Å². The number of likely N-dealkylation sites (tertiary alicyclic amines) is 1. The molecule has 0 atom stereocenters. The molecular weight excluding hydrogens is 174 g/mol. The third-order valence-electron chi connectivity index (χ3n) is 2.85. The summed E-state index contributed by atoms with van der Waals surface area (Å²) < 4.78 is 22.7. The first-order chi connectivity index (χ1) is 5.63. The molecule has 0 radical (unpaired) electrons. The Bertz CT molecular complexity index is 263. The lowest BCUT2D eigenvalue weighted by molar-refractivity contribution is 0.175. The maximum absolute atomic E-state index is 11.3. The van der Waals surface area contributed by atoms with Gasteiger partial charge in [0.2, 0.25) is 0 Å². The van der Waals surface area contributed by atoms with Crippen LogP contribution in [0, 0.1) is 0 Å². The van der Waals surface area contributed by atoms with Crippen molar-refractivity contribution in [3.05, 3.63) is 0 Å². The van der Waals surface area contributed by atoms with Gasteiger partial charge in [0.05, 0.1) is 5.25 Å². The molecule has 1 aliphatic heterocycles. The summed E-state index contributed by atoms with van der Waals surface area (Å²) in [6.45, 7) is 3.32. The van der Waals surface area contributed by atoms with Gasteiger partial charge in [-0.05, 0) is 12.8 Å². The standard InChI is InChI=1S/C8H15NO2S/c1-2-12(10,11)8-5-9(6-8)7-3-4-7/h7-8H,2-6H2,1H3. The fraction of sp³-hybridized carbons (Fsp3) is 1.00. The lowest BCUT2D eigenvalue weighted by Gasteiger charge is -2.38. The number of hydrogen-bond donors (Lipinski definition) is 0. The molecule has 0 unspecified atom stereocenters. The third-order valence-corrected chi connectivity index (χ3v) is 4.97. The van der Waals surface area contributed by atoms with Gasteiger partial charge >= 0.3 is 0 Å². The van der Waals surface area contributed by atoms with Crippen LogP contribution in [-0.2, 0) is 9.84 Å². The summed E-state index contributed by atoms with van der Waals surface area (Å²) in [6, 6.07) is 0.730. The highest BCUT2D eigenvalue weighted by Gasteiger charge is 2.42. The lowest BCUT2D eigenvalue weighted by atomic mass is 10.2. The summed E-state index contributed by atoms with van der Waals surface area (Å²) in [5.41, 5.74) is 0. The van der Waals surface area contributed by atoms with Crippen molar-refractivity contribution in [2.24, 2.45) is 0 Å². The van der Waals surface area contributed by atoms with Gasteiger partial charge in [-0.2, -0.15) is 0 Å². The van der Waals surface area contributed by atoms with E-state index in [1.165, 1.54) is 12.8 Å². The quantitative estimate of drug-likeness (QED) is 0.639. The molecule has 1 heterocycles. The molecule has 4 heteroatoms. The van der Waals surface area contributed by atoms with E-state index in [4.69, 9.17) is 0 Å². The first kappa shape index (κ1) is 8.51. The van der Waals surface area contributed by atoms with Crippen LogP contribution in [0.1, 0.15) is 19.8 Å². The van der Waals surface area contributed by atoms with E-state index in [-0.39, 0.29) is 5.25 Å². The van der Waals surface area contributed by atoms with Crippen molar-refractivity contribution in [3.63, 3.8) is 0 Å². The monoisotopic (exact) mass is 189 g/mol. The Morgan fingerprint density at radius 3 is 2.33 bits per heavy atom. The van der Waals surface area contributed by atoms with Gasteiger partial charge in [0.1, 0.15) is 0 Å². The summed E-state index contributed by atoms with van der Waals surface area (Å²) in [5.74, 6) is 0.302. The van der Waals surface area contributed by atoms with Crippen LogP contribution in [0.3, 0.4) is 0 Å². The fourth-order valence-corrected chi connectivity index (χ4v) is 2.98. The molecular formula is C8H15NO2S. The Kier molecular flexibility index (Phi) is 1.92. The molecule has 1 saturated carbocycles. The van der Waals surface area contributed by atoms with E-state index in [2.05, 4.69) is 4.90 Å². The van der Waals surface area contributed by atoms with Crippen molar-refractivity contribution >= 4 is 9.84 Å². The zero-order valence-electron chi connectivity index (χ0n) is 7.36. The molecule has 0 N–H and O–H groups in total.